The highest BCUT2D eigenvalue weighted by atomic mass is 32.2. The number of rotatable bonds is 2. The molecule has 0 heterocycles. The molecule has 0 aromatic carbocycles. The lowest BCUT2D eigenvalue weighted by Gasteiger charge is -2.63. The van der Waals surface area contributed by atoms with E-state index in [0.717, 1.165) is 18.4 Å². The van der Waals surface area contributed by atoms with Crippen LogP contribution in [-0.2, 0) is 14.3 Å². The monoisotopic (exact) mass is 424 g/mol. The molecule has 4 aliphatic carbocycles. The molecule has 7 atom stereocenters. The van der Waals surface area contributed by atoms with Crippen LogP contribution in [0.3, 0.4) is 0 Å². The molecule has 3 fully saturated rings. The number of allylic oxidation sites excluding steroid dienone is 4. The Morgan fingerprint density at radius 2 is 2.04 bits per heavy atom. The highest BCUT2D eigenvalue weighted by Gasteiger charge is 2.73. The van der Waals surface area contributed by atoms with Crippen LogP contribution in [0.15, 0.2) is 23.8 Å². The lowest BCUT2D eigenvalue weighted by atomic mass is 9.46. The minimum absolute atomic E-state index is 0.0863. The first-order chi connectivity index (χ1) is 13.0. The van der Waals surface area contributed by atoms with E-state index in [-0.39, 0.29) is 27.1 Å². The Bertz CT molecular complexity index is 795. The first-order valence-electron chi connectivity index (χ1n) is 10.1. The quantitative estimate of drug-likeness (QED) is 0.388. The lowest BCUT2D eigenvalue weighted by Crippen LogP contribution is -2.68. The maximum Gasteiger partial charge on any atom is 0.303 e. The normalized spacial score (nSPS) is 49.7. The van der Waals surface area contributed by atoms with Gasteiger partial charge in [0.1, 0.15) is 6.10 Å². The third-order valence-electron chi connectivity index (χ3n) is 8.34. The van der Waals surface area contributed by atoms with E-state index < -0.39 is 23.2 Å². The zero-order chi connectivity index (χ0) is 20.5. The van der Waals surface area contributed by atoms with Crippen molar-refractivity contribution in [1.82, 2.24) is 0 Å². The summed E-state index contributed by atoms with van der Waals surface area (Å²) in [5.41, 5.74) is -2.03. The predicted molar refractivity (Wildman–Crippen MR) is 113 cm³/mol. The first kappa shape index (κ1) is 20.5. The molecule has 28 heavy (non-hydrogen) atoms. The van der Waals surface area contributed by atoms with Gasteiger partial charge in [-0.05, 0) is 68.8 Å². The van der Waals surface area contributed by atoms with Gasteiger partial charge in [0, 0.05) is 18.3 Å². The second-order valence-electron chi connectivity index (χ2n) is 9.37. The van der Waals surface area contributed by atoms with Crippen LogP contribution in [0, 0.1) is 22.7 Å². The van der Waals surface area contributed by atoms with Gasteiger partial charge in [0.05, 0.1) is 4.08 Å². The number of ketones is 1. The summed E-state index contributed by atoms with van der Waals surface area (Å²) in [7, 11) is 0. The SMILES string of the molecule is CS[C@]1(S)CC[C@H]2[C@@H]3CCC4=CC(=O)C=C[C@]4(C)[C@@]3(F)[C@@H](OC(C)=O)C[C@@]21C. The molecule has 0 aromatic heterocycles. The molecule has 0 radical (unpaired) electrons. The number of halogens is 1. The maximum absolute atomic E-state index is 17.3. The summed E-state index contributed by atoms with van der Waals surface area (Å²) >= 11 is 6.79. The van der Waals surface area contributed by atoms with Crippen LogP contribution in [0.2, 0.25) is 0 Å². The van der Waals surface area contributed by atoms with Gasteiger partial charge in [-0.25, -0.2) is 4.39 Å². The molecule has 6 heteroatoms. The van der Waals surface area contributed by atoms with Crippen molar-refractivity contribution in [3.8, 4) is 0 Å². The van der Waals surface area contributed by atoms with E-state index in [1.807, 2.05) is 6.92 Å². The van der Waals surface area contributed by atoms with Crippen molar-refractivity contribution in [2.45, 2.75) is 68.7 Å². The summed E-state index contributed by atoms with van der Waals surface area (Å²) in [5, 5.41) is 0. The molecule has 0 aliphatic heterocycles. The molecule has 0 saturated heterocycles. The molecule has 0 bridgehead atoms. The third kappa shape index (κ3) is 2.43. The maximum atomic E-state index is 17.3. The number of fused-ring (bicyclic) bond motifs is 5. The van der Waals surface area contributed by atoms with Gasteiger partial charge in [0.15, 0.2) is 11.5 Å². The van der Waals surface area contributed by atoms with Gasteiger partial charge in [-0.2, -0.15) is 12.6 Å². The van der Waals surface area contributed by atoms with E-state index in [9.17, 15) is 9.59 Å². The van der Waals surface area contributed by atoms with Gasteiger partial charge in [0.2, 0.25) is 0 Å². The third-order valence-corrected chi connectivity index (χ3v) is 11.0. The van der Waals surface area contributed by atoms with Crippen LogP contribution in [0.25, 0.3) is 0 Å². The topological polar surface area (TPSA) is 43.4 Å². The molecule has 4 rings (SSSR count). The summed E-state index contributed by atoms with van der Waals surface area (Å²) in [6, 6.07) is 0. The number of hydrogen-bond donors (Lipinski definition) is 1. The van der Waals surface area contributed by atoms with Gasteiger partial charge in [-0.1, -0.05) is 18.6 Å². The number of carbonyl (C=O) groups excluding carboxylic acids is 2. The molecule has 3 nitrogen and oxygen atoms in total. The first-order valence-corrected chi connectivity index (χ1v) is 11.8. The van der Waals surface area contributed by atoms with Crippen molar-refractivity contribution < 1.29 is 18.7 Å². The standard InChI is InChI=1S/C22H29FO3S2/c1-13(24)26-18-12-20(3)16(8-10-21(20,27)28-4)17-6-5-14-11-15(25)7-9-19(14,2)22(17,18)23/h7,9,11,16-18,27H,5-6,8,10,12H2,1-4H3/t16-,17-,18-,19-,20-,21+,22-/m0/s1. The summed E-state index contributed by atoms with van der Waals surface area (Å²) in [6.07, 6.45) is 9.72. The van der Waals surface area contributed by atoms with Crippen molar-refractivity contribution in [2.75, 3.05) is 6.26 Å². The van der Waals surface area contributed by atoms with Gasteiger partial charge in [-0.3, -0.25) is 9.59 Å². The van der Waals surface area contributed by atoms with Crippen LogP contribution in [-0.4, -0.2) is 33.9 Å². The van der Waals surface area contributed by atoms with E-state index in [1.165, 1.54) is 13.0 Å². The smallest absolute Gasteiger partial charge is 0.303 e. The minimum atomic E-state index is -1.72. The van der Waals surface area contributed by atoms with E-state index in [2.05, 4.69) is 13.2 Å². The fourth-order valence-corrected chi connectivity index (χ4v) is 8.21. The summed E-state index contributed by atoms with van der Waals surface area (Å²) in [5.74, 6) is -0.586. The Hall–Kier alpha value is -0.750. The van der Waals surface area contributed by atoms with Crippen LogP contribution < -0.4 is 0 Å². The number of hydrogen-bond acceptors (Lipinski definition) is 5. The molecular weight excluding hydrogens is 395 g/mol. The predicted octanol–water partition coefficient (Wildman–Crippen LogP) is 4.92. The largest absolute Gasteiger partial charge is 0.459 e. The molecule has 0 aromatic rings. The van der Waals surface area contributed by atoms with Crippen molar-refractivity contribution >= 4 is 36.1 Å². The van der Waals surface area contributed by atoms with E-state index in [4.69, 9.17) is 17.4 Å². The van der Waals surface area contributed by atoms with Gasteiger partial charge in [0.25, 0.3) is 0 Å². The number of carbonyl (C=O) groups is 2. The van der Waals surface area contributed by atoms with E-state index in [0.29, 0.717) is 19.3 Å². The zero-order valence-corrected chi connectivity index (χ0v) is 18.7. The number of thiol groups is 1. The van der Waals surface area contributed by atoms with E-state index in [1.54, 1.807) is 23.9 Å². The fourth-order valence-electron chi connectivity index (χ4n) is 6.80. The molecule has 0 unspecified atom stereocenters. The molecular formula is C22H29FO3S2. The van der Waals surface area contributed by atoms with Crippen LogP contribution >= 0.6 is 24.4 Å². The highest BCUT2D eigenvalue weighted by molar-refractivity contribution is 8.11. The molecule has 0 N–H and O–H groups in total. The molecule has 3 saturated carbocycles. The second kappa shape index (κ2) is 6.37. The van der Waals surface area contributed by atoms with Crippen LogP contribution in [0.1, 0.15) is 52.9 Å². The average molecular weight is 425 g/mol. The average Bonchev–Trinajstić information content (AvgIpc) is 2.88. The van der Waals surface area contributed by atoms with Crippen molar-refractivity contribution in [3.05, 3.63) is 23.8 Å². The Kier molecular flexibility index (Phi) is 4.67. The van der Waals surface area contributed by atoms with Crippen molar-refractivity contribution in [3.63, 3.8) is 0 Å². The van der Waals surface area contributed by atoms with Gasteiger partial charge >= 0.3 is 5.97 Å². The number of alkyl halides is 1. The number of ether oxygens (including phenoxy) is 1. The van der Waals surface area contributed by atoms with Crippen LogP contribution in [0.4, 0.5) is 4.39 Å². The molecule has 4 aliphatic rings. The Labute approximate surface area is 176 Å². The second-order valence-corrected chi connectivity index (χ2v) is 11.5. The summed E-state index contributed by atoms with van der Waals surface area (Å²) in [6.45, 7) is 5.44. The number of thioether (sulfide) groups is 1. The number of esters is 1. The molecule has 154 valence electrons. The summed E-state index contributed by atoms with van der Waals surface area (Å²) in [4.78, 5) is 23.9. The Morgan fingerprint density at radius 1 is 1.32 bits per heavy atom. The lowest BCUT2D eigenvalue weighted by molar-refractivity contribution is -0.209. The van der Waals surface area contributed by atoms with E-state index >= 15 is 4.39 Å². The highest BCUT2D eigenvalue weighted by Crippen LogP contribution is 2.72. The Morgan fingerprint density at radius 3 is 2.68 bits per heavy atom. The molecule has 0 amide bonds. The van der Waals surface area contributed by atoms with Gasteiger partial charge < -0.3 is 4.74 Å². The van der Waals surface area contributed by atoms with Crippen molar-refractivity contribution in [1.29, 1.82) is 0 Å². The fraction of sp³-hybridized carbons (Fsp3) is 0.727. The minimum Gasteiger partial charge on any atom is -0.459 e. The van der Waals surface area contributed by atoms with Gasteiger partial charge in [-0.15, -0.1) is 11.8 Å². The van der Waals surface area contributed by atoms with Crippen molar-refractivity contribution in [2.24, 2.45) is 22.7 Å². The summed E-state index contributed by atoms with van der Waals surface area (Å²) < 4.78 is 22.8. The zero-order valence-electron chi connectivity index (χ0n) is 17.0. The Balaban J connectivity index is 1.87. The van der Waals surface area contributed by atoms with Crippen LogP contribution in [0.5, 0.6) is 0 Å². The molecule has 0 spiro atoms.